The third kappa shape index (κ3) is 4.81. The first-order valence-corrected chi connectivity index (χ1v) is 10.6. The van der Waals surface area contributed by atoms with Gasteiger partial charge in [0, 0.05) is 50.5 Å². The maximum Gasteiger partial charge on any atom is 0.206 e. The van der Waals surface area contributed by atoms with E-state index in [0.29, 0.717) is 18.0 Å². The number of rotatable bonds is 5. The molecule has 0 spiro atoms. The van der Waals surface area contributed by atoms with Crippen molar-refractivity contribution in [3.8, 4) is 0 Å². The fourth-order valence-corrected chi connectivity index (χ4v) is 4.02. The lowest BCUT2D eigenvalue weighted by Gasteiger charge is -2.37. The van der Waals surface area contributed by atoms with Crippen LogP contribution in [-0.4, -0.2) is 57.1 Å². The molecule has 4 N–H and O–H groups in total. The number of nitrogens with zero attached hydrogens (tertiary/aromatic N) is 4. The molecule has 0 bridgehead atoms. The summed E-state index contributed by atoms with van der Waals surface area (Å²) in [4.78, 5) is 20.4. The summed E-state index contributed by atoms with van der Waals surface area (Å²) in [5, 5.41) is 8.61. The Bertz CT molecular complexity index is 1120. The van der Waals surface area contributed by atoms with Gasteiger partial charge in [-0.15, -0.1) is 12.4 Å². The summed E-state index contributed by atoms with van der Waals surface area (Å²) in [5.41, 5.74) is 6.80. The van der Waals surface area contributed by atoms with Crippen LogP contribution in [0.5, 0.6) is 0 Å². The molecule has 2 atom stereocenters. The van der Waals surface area contributed by atoms with Crippen molar-refractivity contribution < 1.29 is 4.84 Å². The van der Waals surface area contributed by atoms with Gasteiger partial charge in [0.05, 0.1) is 17.2 Å². The number of pyridine rings is 1. The van der Waals surface area contributed by atoms with E-state index >= 15 is 0 Å². The first-order valence-electron chi connectivity index (χ1n) is 10.6. The van der Waals surface area contributed by atoms with Crippen molar-refractivity contribution in [3.63, 3.8) is 0 Å². The molecular formula is C22H29ClN8O. The van der Waals surface area contributed by atoms with E-state index in [-0.39, 0.29) is 12.4 Å². The SMILES string of the molecule is C[C@@H]1CN(Cc2ccnc(Nc3nc4ccc(C5=CN(C)NO5)cc4[nH]3)c2)[C@@H](C)CN1.Cl. The highest BCUT2D eigenvalue weighted by Crippen LogP contribution is 2.25. The number of fused-ring (bicyclic) bond motifs is 1. The van der Waals surface area contributed by atoms with Crippen LogP contribution in [0.25, 0.3) is 16.8 Å². The molecule has 10 heteroatoms. The van der Waals surface area contributed by atoms with Gasteiger partial charge >= 0.3 is 0 Å². The molecule has 3 aromatic rings. The number of benzene rings is 1. The largest absolute Gasteiger partial charge is 0.387 e. The average Bonchev–Trinajstić information content (AvgIpc) is 3.36. The molecule has 1 fully saturated rings. The summed E-state index contributed by atoms with van der Waals surface area (Å²) in [5.74, 6) is 2.21. The molecule has 0 unspecified atom stereocenters. The zero-order valence-electron chi connectivity index (χ0n) is 18.4. The van der Waals surface area contributed by atoms with E-state index in [4.69, 9.17) is 4.84 Å². The Balaban J connectivity index is 0.00000245. The number of aromatic nitrogens is 3. The molecule has 1 aromatic carbocycles. The Hall–Kier alpha value is -2.85. The summed E-state index contributed by atoms with van der Waals surface area (Å²) in [7, 11) is 1.88. The quantitative estimate of drug-likeness (QED) is 0.465. The maximum absolute atomic E-state index is 5.46. The second-order valence-electron chi connectivity index (χ2n) is 8.38. The van der Waals surface area contributed by atoms with Gasteiger partial charge in [-0.05, 0) is 49.7 Å². The number of hydrogen-bond acceptors (Lipinski definition) is 8. The van der Waals surface area contributed by atoms with Gasteiger partial charge in [-0.2, -0.15) is 0 Å². The highest BCUT2D eigenvalue weighted by molar-refractivity contribution is 5.85. The van der Waals surface area contributed by atoms with E-state index < -0.39 is 0 Å². The lowest BCUT2D eigenvalue weighted by atomic mass is 10.1. The van der Waals surface area contributed by atoms with Gasteiger partial charge in [-0.3, -0.25) is 9.91 Å². The number of aromatic amines is 1. The lowest BCUT2D eigenvalue weighted by molar-refractivity contribution is 0.0649. The molecule has 4 heterocycles. The lowest BCUT2D eigenvalue weighted by Crippen LogP contribution is -2.53. The highest BCUT2D eigenvalue weighted by Gasteiger charge is 2.22. The molecule has 2 aliphatic heterocycles. The Morgan fingerprint density at radius 2 is 2.09 bits per heavy atom. The van der Waals surface area contributed by atoms with Crippen LogP contribution in [-0.2, 0) is 11.4 Å². The molecule has 1 saturated heterocycles. The second-order valence-corrected chi connectivity index (χ2v) is 8.38. The Labute approximate surface area is 193 Å². The van der Waals surface area contributed by atoms with Crippen molar-refractivity contribution in [3.05, 3.63) is 53.9 Å². The number of hydrogen-bond donors (Lipinski definition) is 4. The molecule has 0 saturated carbocycles. The van der Waals surface area contributed by atoms with E-state index in [1.165, 1.54) is 5.56 Å². The second kappa shape index (κ2) is 9.33. The predicted molar refractivity (Wildman–Crippen MR) is 128 cm³/mol. The molecule has 0 aliphatic carbocycles. The number of halogens is 1. The van der Waals surface area contributed by atoms with Gasteiger partial charge in [0.1, 0.15) is 5.82 Å². The van der Waals surface area contributed by atoms with Crippen molar-refractivity contribution in [2.24, 2.45) is 0 Å². The fourth-order valence-electron chi connectivity index (χ4n) is 4.02. The van der Waals surface area contributed by atoms with Gasteiger partial charge in [-0.25, -0.2) is 9.97 Å². The minimum absolute atomic E-state index is 0. The molecule has 32 heavy (non-hydrogen) atoms. The Morgan fingerprint density at radius 3 is 2.91 bits per heavy atom. The minimum atomic E-state index is 0. The van der Waals surface area contributed by atoms with Crippen LogP contribution in [0.15, 0.2) is 42.7 Å². The van der Waals surface area contributed by atoms with Gasteiger partial charge in [0.25, 0.3) is 0 Å². The van der Waals surface area contributed by atoms with E-state index in [0.717, 1.165) is 47.8 Å². The smallest absolute Gasteiger partial charge is 0.206 e. The number of nitrogens with one attached hydrogen (secondary N) is 4. The fraction of sp³-hybridized carbons (Fsp3) is 0.364. The van der Waals surface area contributed by atoms with Crippen LogP contribution in [0, 0.1) is 0 Å². The van der Waals surface area contributed by atoms with E-state index in [9.17, 15) is 0 Å². The predicted octanol–water partition coefficient (Wildman–Crippen LogP) is 2.99. The number of anilines is 2. The monoisotopic (exact) mass is 456 g/mol. The number of H-pyrrole nitrogens is 1. The molecule has 2 aromatic heterocycles. The van der Waals surface area contributed by atoms with Crippen LogP contribution < -0.4 is 16.2 Å². The summed E-state index contributed by atoms with van der Waals surface area (Å²) < 4.78 is 0. The van der Waals surface area contributed by atoms with Crippen LogP contribution >= 0.6 is 12.4 Å². The zero-order chi connectivity index (χ0) is 21.4. The van der Waals surface area contributed by atoms with Gasteiger partial charge in [0.15, 0.2) is 5.76 Å². The standard InChI is InChI=1S/C22H28N8O.ClH/c1-14-11-30(15(2)10-24-14)12-16-6-7-23-21(8-16)27-22-25-18-5-4-17(9-19(18)26-22)20-13-29(3)28-31-20;/h4-9,13-15,24,28H,10-12H2,1-3H3,(H2,23,25,26,27);1H/t14-,15+;/m1./s1. The van der Waals surface area contributed by atoms with Crippen LogP contribution in [0.4, 0.5) is 11.8 Å². The molecule has 2 aliphatic rings. The highest BCUT2D eigenvalue weighted by atomic mass is 35.5. The number of imidazole rings is 1. The van der Waals surface area contributed by atoms with Gasteiger partial charge in [0.2, 0.25) is 5.95 Å². The molecule has 0 amide bonds. The minimum Gasteiger partial charge on any atom is -0.387 e. The average molecular weight is 457 g/mol. The van der Waals surface area contributed by atoms with Crippen LogP contribution in [0.1, 0.15) is 25.0 Å². The molecule has 5 rings (SSSR count). The first-order chi connectivity index (χ1) is 15.0. The normalized spacial score (nSPS) is 21.2. The molecule has 9 nitrogen and oxygen atoms in total. The van der Waals surface area contributed by atoms with Crippen molar-refractivity contribution in [1.29, 1.82) is 0 Å². The Morgan fingerprint density at radius 1 is 1.22 bits per heavy atom. The first kappa shape index (κ1) is 22.3. The van der Waals surface area contributed by atoms with E-state index in [1.807, 2.05) is 37.6 Å². The van der Waals surface area contributed by atoms with Gasteiger partial charge < -0.3 is 20.5 Å². The summed E-state index contributed by atoms with van der Waals surface area (Å²) >= 11 is 0. The van der Waals surface area contributed by atoms with Crippen LogP contribution in [0.2, 0.25) is 0 Å². The zero-order valence-corrected chi connectivity index (χ0v) is 19.2. The van der Waals surface area contributed by atoms with Crippen LogP contribution in [0.3, 0.4) is 0 Å². The van der Waals surface area contributed by atoms with E-state index in [1.54, 1.807) is 5.01 Å². The van der Waals surface area contributed by atoms with Crippen molar-refractivity contribution in [2.45, 2.75) is 32.5 Å². The summed E-state index contributed by atoms with van der Waals surface area (Å²) in [6.45, 7) is 7.47. The maximum atomic E-state index is 5.46. The van der Waals surface area contributed by atoms with Gasteiger partial charge in [-0.1, -0.05) is 5.59 Å². The number of hydrazine groups is 1. The molecular weight excluding hydrogens is 428 g/mol. The molecule has 170 valence electrons. The van der Waals surface area contributed by atoms with Crippen molar-refractivity contribution in [2.75, 3.05) is 25.5 Å². The third-order valence-electron chi connectivity index (χ3n) is 5.73. The van der Waals surface area contributed by atoms with Crippen molar-refractivity contribution in [1.82, 2.24) is 35.8 Å². The topological polar surface area (TPSA) is 93.4 Å². The third-order valence-corrected chi connectivity index (χ3v) is 5.73. The van der Waals surface area contributed by atoms with Crippen molar-refractivity contribution >= 4 is 41.0 Å². The Kier molecular flexibility index (Phi) is 6.52. The molecule has 0 radical (unpaired) electrons. The van der Waals surface area contributed by atoms with E-state index in [2.05, 4.69) is 62.1 Å². The summed E-state index contributed by atoms with van der Waals surface area (Å²) in [6.07, 6.45) is 3.74. The summed E-state index contributed by atoms with van der Waals surface area (Å²) in [6, 6.07) is 11.2. The number of piperazine rings is 1.